The van der Waals surface area contributed by atoms with Crippen molar-refractivity contribution in [2.75, 3.05) is 72.5 Å². The summed E-state index contributed by atoms with van der Waals surface area (Å²) < 4.78 is 13.6. The summed E-state index contributed by atoms with van der Waals surface area (Å²) in [6, 6.07) is 13.8. The number of halogens is 1. The monoisotopic (exact) mass is 834 g/mol. The number of phenolic OH excluding ortho intramolecular Hbond substituents is 1. The first kappa shape index (κ1) is 52.7. The van der Waals surface area contributed by atoms with Crippen LogP contribution in [-0.2, 0) is 28.8 Å². The Morgan fingerprint density at radius 1 is 0.576 bits per heavy atom. The standard InChI is InChI=1S/C27H37FN4O2.3C4H4O4.H2O/c1-21(27(34)23-5-9-25(33)10-6-23)19-30-13-15-31(16-14-30)20-26(22-3-7-24(28)8-4-22)32-17-11-29(2)12-18-32;3*5-3(6)1-2-4(7)8;/h3-10,21,26,33H,11-20H2,1-2H3;3*1-2H,(H,5,6)(H,7,8);1H2/b;3*2-1-;. The van der Waals surface area contributed by atoms with E-state index in [-0.39, 0.29) is 34.8 Å². The number of aromatic hydroxyl groups is 1. The Balaban J connectivity index is 0.00000110. The molecule has 0 aromatic heterocycles. The number of rotatable bonds is 14. The molecule has 2 unspecified atom stereocenters. The fourth-order valence-electron chi connectivity index (χ4n) is 5.46. The number of piperazine rings is 2. The highest BCUT2D eigenvalue weighted by Gasteiger charge is 2.28. The molecular weight excluding hydrogens is 783 g/mol. The zero-order valence-corrected chi connectivity index (χ0v) is 32.5. The molecule has 0 aliphatic carbocycles. The molecule has 324 valence electrons. The van der Waals surface area contributed by atoms with Crippen LogP contribution in [0.4, 0.5) is 4.39 Å². The summed E-state index contributed by atoms with van der Waals surface area (Å²) in [6.45, 7) is 11.6. The number of carboxylic acid groups (broad SMARTS) is 6. The Kier molecular flexibility index (Phi) is 25.1. The summed E-state index contributed by atoms with van der Waals surface area (Å²) in [5, 5.41) is 56.3. The number of hydrogen-bond acceptors (Lipinski definition) is 12. The summed E-state index contributed by atoms with van der Waals surface area (Å²) in [6.07, 6.45) is 3.35. The van der Waals surface area contributed by atoms with Crippen molar-refractivity contribution in [2.24, 2.45) is 5.92 Å². The van der Waals surface area contributed by atoms with Gasteiger partial charge in [0.15, 0.2) is 5.78 Å². The predicted octanol–water partition coefficient (Wildman–Crippen LogP) is 1.27. The van der Waals surface area contributed by atoms with E-state index in [2.05, 4.69) is 26.6 Å². The third kappa shape index (κ3) is 24.1. The molecule has 2 saturated heterocycles. The van der Waals surface area contributed by atoms with Crippen molar-refractivity contribution in [3.63, 3.8) is 0 Å². The van der Waals surface area contributed by atoms with E-state index in [1.165, 1.54) is 5.56 Å². The molecule has 2 aromatic rings. The lowest BCUT2D eigenvalue weighted by atomic mass is 9.98. The van der Waals surface area contributed by atoms with Gasteiger partial charge < -0.3 is 51.0 Å². The Morgan fingerprint density at radius 2 is 0.932 bits per heavy atom. The fraction of sp³-hybridized carbons (Fsp3) is 0.359. The molecule has 19 nitrogen and oxygen atoms in total. The van der Waals surface area contributed by atoms with Gasteiger partial charge in [-0.25, -0.2) is 33.2 Å². The Labute approximate surface area is 339 Å². The molecule has 20 heteroatoms. The van der Waals surface area contributed by atoms with Gasteiger partial charge in [-0.15, -0.1) is 0 Å². The first-order chi connectivity index (χ1) is 27.3. The smallest absolute Gasteiger partial charge is 0.328 e. The second-order valence-corrected chi connectivity index (χ2v) is 12.8. The van der Waals surface area contributed by atoms with Gasteiger partial charge in [0.1, 0.15) is 11.6 Å². The van der Waals surface area contributed by atoms with Crippen LogP contribution < -0.4 is 0 Å². The minimum absolute atomic E-state index is 0. The number of Topliss-reactive ketones (excluding diaryl/α,β-unsaturated/α-hetero) is 1. The van der Waals surface area contributed by atoms with Crippen LogP contribution in [0.5, 0.6) is 5.75 Å². The third-order valence-corrected chi connectivity index (χ3v) is 8.37. The summed E-state index contributed by atoms with van der Waals surface area (Å²) in [4.78, 5) is 79.9. The molecule has 0 saturated carbocycles. The highest BCUT2D eigenvalue weighted by Crippen LogP contribution is 2.25. The van der Waals surface area contributed by atoms with Gasteiger partial charge in [0.2, 0.25) is 0 Å². The lowest BCUT2D eigenvalue weighted by molar-refractivity contribution is -0.134. The molecular formula is C39H51FN4O15. The maximum Gasteiger partial charge on any atom is 0.328 e. The number of benzene rings is 2. The molecule has 2 fully saturated rings. The quantitative estimate of drug-likeness (QED) is 0.104. The highest BCUT2D eigenvalue weighted by atomic mass is 19.1. The van der Waals surface area contributed by atoms with Crippen LogP contribution in [0, 0.1) is 11.7 Å². The van der Waals surface area contributed by atoms with Crippen LogP contribution in [0.2, 0.25) is 0 Å². The maximum atomic E-state index is 13.6. The molecule has 2 aliphatic heterocycles. The van der Waals surface area contributed by atoms with E-state index < -0.39 is 35.8 Å². The summed E-state index contributed by atoms with van der Waals surface area (Å²) in [5.41, 5.74) is 1.83. The number of carbonyl (C=O) groups is 7. The van der Waals surface area contributed by atoms with E-state index in [1.807, 2.05) is 19.1 Å². The number of carboxylic acids is 6. The van der Waals surface area contributed by atoms with Crippen molar-refractivity contribution in [1.29, 1.82) is 0 Å². The number of phenols is 1. The summed E-state index contributed by atoms with van der Waals surface area (Å²) in [5.74, 6) is -7.53. The van der Waals surface area contributed by atoms with Crippen LogP contribution in [0.1, 0.15) is 28.9 Å². The molecule has 4 rings (SSSR count). The summed E-state index contributed by atoms with van der Waals surface area (Å²) in [7, 11) is 2.16. The van der Waals surface area contributed by atoms with Gasteiger partial charge in [-0.05, 0) is 49.0 Å². The minimum atomic E-state index is -1.26. The molecule has 2 aliphatic rings. The Morgan fingerprint density at radius 3 is 1.29 bits per heavy atom. The average molecular weight is 835 g/mol. The van der Waals surface area contributed by atoms with E-state index >= 15 is 0 Å². The zero-order chi connectivity index (χ0) is 43.8. The Hall–Kier alpha value is -6.32. The van der Waals surface area contributed by atoms with E-state index in [4.69, 9.17) is 30.6 Å². The first-order valence-corrected chi connectivity index (χ1v) is 17.6. The predicted molar refractivity (Wildman–Crippen MR) is 210 cm³/mol. The molecule has 0 spiro atoms. The molecule has 2 heterocycles. The second kappa shape index (κ2) is 28.1. The van der Waals surface area contributed by atoms with Gasteiger partial charge in [-0.3, -0.25) is 14.6 Å². The SMILES string of the molecule is CC(CN1CCN(CC(c2ccc(F)cc2)N2CCN(C)CC2)CC1)C(=O)c1ccc(O)cc1.O.O=C(O)/C=C\C(=O)O.O=C(O)/C=C\C(=O)O.O=C(O)/C=C\C(=O)O. The van der Waals surface area contributed by atoms with Crippen LogP contribution in [0.25, 0.3) is 0 Å². The highest BCUT2D eigenvalue weighted by molar-refractivity contribution is 5.98. The number of ketones is 1. The molecule has 0 amide bonds. The molecule has 0 radical (unpaired) electrons. The van der Waals surface area contributed by atoms with Crippen molar-refractivity contribution < 1.29 is 79.2 Å². The van der Waals surface area contributed by atoms with Crippen LogP contribution in [0.15, 0.2) is 85.0 Å². The normalized spacial score (nSPS) is 15.8. The topological polar surface area (TPSA) is 306 Å². The van der Waals surface area contributed by atoms with Gasteiger partial charge in [-0.1, -0.05) is 19.1 Å². The first-order valence-electron chi connectivity index (χ1n) is 17.6. The van der Waals surface area contributed by atoms with Crippen LogP contribution in [-0.4, -0.2) is 175 Å². The average Bonchev–Trinajstić information content (AvgIpc) is 3.17. The fourth-order valence-corrected chi connectivity index (χ4v) is 5.46. The second-order valence-electron chi connectivity index (χ2n) is 12.8. The lowest BCUT2D eigenvalue weighted by Gasteiger charge is -2.42. The number of likely N-dealkylation sites (N-methyl/N-ethyl adjacent to an activating group) is 1. The van der Waals surface area contributed by atoms with Crippen molar-refractivity contribution in [2.45, 2.75) is 13.0 Å². The van der Waals surface area contributed by atoms with Crippen molar-refractivity contribution >= 4 is 41.6 Å². The number of nitrogens with zero attached hydrogens (tertiary/aromatic N) is 4. The van der Waals surface area contributed by atoms with Gasteiger partial charge in [0.05, 0.1) is 0 Å². The van der Waals surface area contributed by atoms with E-state index in [1.54, 1.807) is 36.4 Å². The number of carbonyl (C=O) groups excluding carboxylic acids is 1. The van der Waals surface area contributed by atoms with Crippen molar-refractivity contribution in [1.82, 2.24) is 19.6 Å². The van der Waals surface area contributed by atoms with E-state index in [0.29, 0.717) is 42.0 Å². The third-order valence-electron chi connectivity index (χ3n) is 8.37. The van der Waals surface area contributed by atoms with E-state index in [9.17, 15) is 43.1 Å². The van der Waals surface area contributed by atoms with Crippen molar-refractivity contribution in [3.05, 3.63) is 102 Å². The van der Waals surface area contributed by atoms with E-state index in [0.717, 1.165) is 65.4 Å². The molecule has 2 aromatic carbocycles. The molecule has 0 bridgehead atoms. The van der Waals surface area contributed by atoms with Crippen LogP contribution >= 0.6 is 0 Å². The van der Waals surface area contributed by atoms with Crippen LogP contribution in [0.3, 0.4) is 0 Å². The maximum absolute atomic E-state index is 13.6. The van der Waals surface area contributed by atoms with Gasteiger partial charge in [0, 0.05) is 119 Å². The summed E-state index contributed by atoms with van der Waals surface area (Å²) >= 11 is 0. The van der Waals surface area contributed by atoms with Gasteiger partial charge >= 0.3 is 35.8 Å². The molecule has 9 N–H and O–H groups in total. The largest absolute Gasteiger partial charge is 0.508 e. The Bertz CT molecular complexity index is 1620. The lowest BCUT2D eigenvalue weighted by Crippen LogP contribution is -2.52. The zero-order valence-electron chi connectivity index (χ0n) is 32.5. The number of aliphatic carboxylic acids is 6. The van der Waals surface area contributed by atoms with Crippen molar-refractivity contribution in [3.8, 4) is 5.75 Å². The minimum Gasteiger partial charge on any atom is -0.508 e. The molecule has 59 heavy (non-hydrogen) atoms. The molecule has 2 atom stereocenters. The van der Waals surface area contributed by atoms with Gasteiger partial charge in [-0.2, -0.15) is 0 Å². The number of hydrogen-bond donors (Lipinski definition) is 7. The van der Waals surface area contributed by atoms with Gasteiger partial charge in [0.25, 0.3) is 0 Å².